The Morgan fingerprint density at radius 2 is 2.00 bits per heavy atom. The van der Waals surface area contributed by atoms with Gasteiger partial charge in [-0.2, -0.15) is 15.2 Å². The fourth-order valence-corrected chi connectivity index (χ4v) is 7.73. The molecule has 3 atom stereocenters. The molecule has 0 saturated carbocycles. The molecule has 0 saturated heterocycles. The standard InChI is InChI=1S/C33H29ClF2N8O2S/c1-15(17-6-4-10-40-30(17)38)44-12-13-45-28-24-27(41-33(42-32(24)44)46-16(2)21-7-5-11-43(21)3)26(36)23(25(28)34)18-8-9-20(35)29-22(18)19(14-37)31(39)47-29/h4-10,15-16,21H,11-13,39H2,1-3H3,(H2,38,40)/t15-,16+,21+/m1/s1. The lowest BCUT2D eigenvalue weighted by Gasteiger charge is -2.31. The number of anilines is 3. The van der Waals surface area contributed by atoms with Crippen LogP contribution in [0.1, 0.15) is 31.0 Å². The van der Waals surface area contributed by atoms with Gasteiger partial charge in [0.25, 0.3) is 0 Å². The first-order valence-electron chi connectivity index (χ1n) is 14.9. The Bertz CT molecular complexity index is 2150. The molecule has 0 radical (unpaired) electrons. The number of benzene rings is 2. The summed E-state index contributed by atoms with van der Waals surface area (Å²) in [5.74, 6) is -0.564. The second-order valence-corrected chi connectivity index (χ2v) is 12.9. The van der Waals surface area contributed by atoms with Gasteiger partial charge in [0.2, 0.25) is 0 Å². The second-order valence-electron chi connectivity index (χ2n) is 11.5. The number of ether oxygens (including phenoxy) is 2. The van der Waals surface area contributed by atoms with E-state index in [9.17, 15) is 9.65 Å². The number of nitrogens with two attached hydrogens (primary N) is 2. The monoisotopic (exact) mass is 674 g/mol. The van der Waals surface area contributed by atoms with Gasteiger partial charge in [-0.1, -0.05) is 35.9 Å². The van der Waals surface area contributed by atoms with E-state index in [1.165, 1.54) is 12.1 Å². The van der Waals surface area contributed by atoms with Gasteiger partial charge in [0.15, 0.2) is 11.6 Å². The van der Waals surface area contributed by atoms with Crippen LogP contribution in [0.5, 0.6) is 11.8 Å². The summed E-state index contributed by atoms with van der Waals surface area (Å²) < 4.78 is 44.8. The van der Waals surface area contributed by atoms with Gasteiger partial charge in [0.05, 0.1) is 39.3 Å². The van der Waals surface area contributed by atoms with Crippen molar-refractivity contribution in [1.82, 2.24) is 19.9 Å². The minimum absolute atomic E-state index is 0.0332. The molecule has 0 bridgehead atoms. The lowest BCUT2D eigenvalue weighted by atomic mass is 9.96. The summed E-state index contributed by atoms with van der Waals surface area (Å²) in [6, 6.07) is 7.81. The molecule has 240 valence electrons. The van der Waals surface area contributed by atoms with Crippen LogP contribution in [0.4, 0.5) is 25.4 Å². The molecular formula is C33H29ClF2N8O2S. The molecular weight excluding hydrogens is 646 g/mol. The van der Waals surface area contributed by atoms with Crippen LogP contribution in [0.3, 0.4) is 0 Å². The Balaban J connectivity index is 1.50. The summed E-state index contributed by atoms with van der Waals surface area (Å²) in [4.78, 5) is 17.7. The van der Waals surface area contributed by atoms with Gasteiger partial charge in [-0.15, -0.1) is 11.3 Å². The zero-order valence-corrected chi connectivity index (χ0v) is 27.2. The number of pyridine rings is 1. The second kappa shape index (κ2) is 11.8. The van der Waals surface area contributed by atoms with Crippen molar-refractivity contribution in [2.24, 2.45) is 0 Å². The molecule has 0 amide bonds. The molecule has 4 N–H and O–H groups in total. The largest absolute Gasteiger partial charge is 0.489 e. The molecule has 10 nitrogen and oxygen atoms in total. The normalized spacial score (nSPS) is 17.5. The summed E-state index contributed by atoms with van der Waals surface area (Å²) >= 11 is 7.94. The molecule has 0 aliphatic carbocycles. The van der Waals surface area contributed by atoms with E-state index in [1.807, 2.05) is 44.0 Å². The number of aromatic nitrogens is 3. The summed E-state index contributed by atoms with van der Waals surface area (Å²) in [7, 11) is 1.98. The predicted octanol–water partition coefficient (Wildman–Crippen LogP) is 6.47. The maximum absolute atomic E-state index is 17.2. The highest BCUT2D eigenvalue weighted by Crippen LogP contribution is 2.51. The summed E-state index contributed by atoms with van der Waals surface area (Å²) in [5, 5.41) is 10.4. The predicted molar refractivity (Wildman–Crippen MR) is 180 cm³/mol. The van der Waals surface area contributed by atoms with Crippen molar-refractivity contribution in [1.29, 1.82) is 5.26 Å². The van der Waals surface area contributed by atoms with Gasteiger partial charge in [-0.25, -0.2) is 13.8 Å². The number of nitrogens with zero attached hydrogens (tertiary/aromatic N) is 6. The van der Waals surface area contributed by atoms with Crippen LogP contribution >= 0.6 is 22.9 Å². The van der Waals surface area contributed by atoms with Crippen molar-refractivity contribution in [3.8, 4) is 29.0 Å². The molecule has 3 aromatic heterocycles. The van der Waals surface area contributed by atoms with E-state index in [0.717, 1.165) is 23.4 Å². The van der Waals surface area contributed by atoms with E-state index in [1.54, 1.807) is 12.3 Å². The summed E-state index contributed by atoms with van der Waals surface area (Å²) in [5.41, 5.74) is 13.1. The van der Waals surface area contributed by atoms with E-state index in [2.05, 4.69) is 20.9 Å². The number of hydrogen-bond donors (Lipinski definition) is 2. The van der Waals surface area contributed by atoms with Crippen LogP contribution in [0.15, 0.2) is 42.6 Å². The minimum Gasteiger partial charge on any atom is -0.489 e. The minimum atomic E-state index is -0.812. The average molecular weight is 675 g/mol. The van der Waals surface area contributed by atoms with Gasteiger partial charge in [-0.3, -0.25) is 4.90 Å². The molecule has 2 aliphatic rings. The number of likely N-dealkylation sites (N-methyl/N-ethyl adjacent to an activating group) is 1. The maximum Gasteiger partial charge on any atom is 0.319 e. The van der Waals surface area contributed by atoms with Crippen molar-refractivity contribution < 1.29 is 18.3 Å². The first-order valence-corrected chi connectivity index (χ1v) is 16.1. The molecule has 0 spiro atoms. The van der Waals surface area contributed by atoms with Gasteiger partial charge >= 0.3 is 6.01 Å². The van der Waals surface area contributed by atoms with Crippen LogP contribution in [0.2, 0.25) is 5.02 Å². The number of nitriles is 1. The molecule has 0 unspecified atom stereocenters. The Labute approximate surface area is 277 Å². The Morgan fingerprint density at radius 3 is 2.72 bits per heavy atom. The van der Waals surface area contributed by atoms with Gasteiger partial charge < -0.3 is 25.8 Å². The molecule has 5 aromatic rings. The number of halogens is 3. The van der Waals surface area contributed by atoms with Crippen molar-refractivity contribution >= 4 is 60.6 Å². The van der Waals surface area contributed by atoms with Crippen LogP contribution in [-0.4, -0.2) is 58.7 Å². The van der Waals surface area contributed by atoms with Crippen LogP contribution in [-0.2, 0) is 0 Å². The van der Waals surface area contributed by atoms with E-state index >= 15 is 4.39 Å². The van der Waals surface area contributed by atoms with Crippen molar-refractivity contribution in [2.75, 3.05) is 43.1 Å². The lowest BCUT2D eigenvalue weighted by Crippen LogP contribution is -2.38. The van der Waals surface area contributed by atoms with Crippen molar-refractivity contribution in [3.63, 3.8) is 0 Å². The van der Waals surface area contributed by atoms with Crippen LogP contribution in [0.25, 0.3) is 32.1 Å². The molecule has 7 rings (SSSR count). The Kier molecular flexibility index (Phi) is 7.74. The van der Waals surface area contributed by atoms with E-state index < -0.39 is 11.6 Å². The number of nitrogen functional groups attached to an aromatic ring is 2. The van der Waals surface area contributed by atoms with E-state index in [-0.39, 0.29) is 84.3 Å². The van der Waals surface area contributed by atoms with E-state index in [0.29, 0.717) is 18.2 Å². The third kappa shape index (κ3) is 4.95. The first kappa shape index (κ1) is 30.9. The van der Waals surface area contributed by atoms with Crippen molar-refractivity contribution in [3.05, 3.63) is 70.4 Å². The van der Waals surface area contributed by atoms with Gasteiger partial charge in [0.1, 0.15) is 46.8 Å². The first-order chi connectivity index (χ1) is 22.6. The molecule has 5 heterocycles. The van der Waals surface area contributed by atoms with Crippen LogP contribution in [0, 0.1) is 23.0 Å². The highest BCUT2D eigenvalue weighted by atomic mass is 35.5. The van der Waals surface area contributed by atoms with Crippen molar-refractivity contribution in [2.45, 2.75) is 32.0 Å². The molecule has 0 fully saturated rings. The zero-order chi connectivity index (χ0) is 33.1. The van der Waals surface area contributed by atoms with Gasteiger partial charge in [-0.05, 0) is 38.6 Å². The number of fused-ring (bicyclic) bond motifs is 1. The maximum atomic E-state index is 17.2. The fourth-order valence-electron chi connectivity index (χ4n) is 6.44. The Morgan fingerprint density at radius 1 is 1.19 bits per heavy atom. The quantitative estimate of drug-likeness (QED) is 0.193. The number of thiophene rings is 1. The molecule has 47 heavy (non-hydrogen) atoms. The summed E-state index contributed by atoms with van der Waals surface area (Å²) in [6.07, 6.45) is 5.32. The Hall–Kier alpha value is -4.77. The third-order valence-electron chi connectivity index (χ3n) is 8.79. The SMILES string of the molecule is C[C@H](Oc1nc2c3c(c(Cl)c(-c4ccc(F)c5sc(N)c(C#N)c45)c(F)c3n1)OCCN2[C@H](C)c1cccnc1N)[C@@H]1C=CCN1C. The number of rotatable bonds is 6. The fraction of sp³-hybridized carbons (Fsp3) is 0.273. The van der Waals surface area contributed by atoms with E-state index in [4.69, 9.17) is 37.5 Å². The number of hydrogen-bond acceptors (Lipinski definition) is 11. The third-order valence-corrected chi connectivity index (χ3v) is 10.2. The lowest BCUT2D eigenvalue weighted by molar-refractivity contribution is 0.127. The topological polar surface area (TPSA) is 139 Å². The molecule has 2 aliphatic heterocycles. The zero-order valence-electron chi connectivity index (χ0n) is 25.6. The average Bonchev–Trinajstić information content (AvgIpc) is 3.58. The molecule has 2 aromatic carbocycles. The van der Waals surface area contributed by atoms with Crippen LogP contribution < -0.4 is 25.8 Å². The highest BCUT2D eigenvalue weighted by molar-refractivity contribution is 7.23. The highest BCUT2D eigenvalue weighted by Gasteiger charge is 2.34. The molecule has 14 heteroatoms. The van der Waals surface area contributed by atoms with Gasteiger partial charge in [0, 0.05) is 29.3 Å². The summed E-state index contributed by atoms with van der Waals surface area (Å²) in [6.45, 7) is 5.09. The smallest absolute Gasteiger partial charge is 0.319 e.